The second kappa shape index (κ2) is 7.16. The molecule has 0 saturated carbocycles. The van der Waals surface area contributed by atoms with Gasteiger partial charge in [0.2, 0.25) is 11.7 Å². The molecule has 8 heteroatoms. The van der Waals surface area contributed by atoms with Gasteiger partial charge in [0.1, 0.15) is 5.82 Å². The summed E-state index contributed by atoms with van der Waals surface area (Å²) >= 11 is 0. The van der Waals surface area contributed by atoms with Crippen LogP contribution in [0.25, 0.3) is 0 Å². The SMILES string of the molecule is COCCNC(=O)CN(C)C(=O)c1n[nH]c(C(C)(C)C)n1. The van der Waals surface area contributed by atoms with E-state index in [9.17, 15) is 9.59 Å². The summed E-state index contributed by atoms with van der Waals surface area (Å²) in [5.41, 5.74) is -0.221. The number of ether oxygens (including phenoxy) is 1. The van der Waals surface area contributed by atoms with Gasteiger partial charge >= 0.3 is 0 Å². The third kappa shape index (κ3) is 5.14. The molecule has 0 bridgehead atoms. The van der Waals surface area contributed by atoms with E-state index in [1.807, 2.05) is 20.8 Å². The summed E-state index contributed by atoms with van der Waals surface area (Å²) in [6.07, 6.45) is 0. The molecule has 0 aromatic carbocycles. The van der Waals surface area contributed by atoms with Crippen LogP contribution in [0.1, 0.15) is 37.2 Å². The predicted octanol–water partition coefficient (Wildman–Crippen LogP) is -0.0632. The van der Waals surface area contributed by atoms with Gasteiger partial charge in [-0.25, -0.2) is 4.98 Å². The number of carbonyl (C=O) groups excluding carboxylic acids is 2. The lowest BCUT2D eigenvalue weighted by Gasteiger charge is -2.15. The zero-order valence-corrected chi connectivity index (χ0v) is 13.2. The van der Waals surface area contributed by atoms with E-state index in [1.54, 1.807) is 7.11 Å². The number of aromatic nitrogens is 3. The highest BCUT2D eigenvalue weighted by atomic mass is 16.5. The molecule has 8 nitrogen and oxygen atoms in total. The van der Waals surface area contributed by atoms with Crippen molar-refractivity contribution in [3.63, 3.8) is 0 Å². The zero-order valence-electron chi connectivity index (χ0n) is 13.2. The minimum absolute atomic E-state index is 0.0536. The van der Waals surface area contributed by atoms with E-state index in [2.05, 4.69) is 20.5 Å². The van der Waals surface area contributed by atoms with E-state index in [0.717, 1.165) is 0 Å². The fraction of sp³-hybridized carbons (Fsp3) is 0.692. The molecule has 1 rings (SSSR count). The second-order valence-corrected chi connectivity index (χ2v) is 5.76. The number of carbonyl (C=O) groups is 2. The van der Waals surface area contributed by atoms with E-state index < -0.39 is 5.91 Å². The Morgan fingerprint density at radius 3 is 2.57 bits per heavy atom. The predicted molar refractivity (Wildman–Crippen MR) is 76.9 cm³/mol. The molecule has 0 unspecified atom stereocenters. The summed E-state index contributed by atoms with van der Waals surface area (Å²) in [4.78, 5) is 29.2. The van der Waals surface area contributed by atoms with Crippen molar-refractivity contribution in [2.45, 2.75) is 26.2 Å². The molecule has 0 atom stereocenters. The monoisotopic (exact) mass is 297 g/mol. The molecule has 0 radical (unpaired) electrons. The molecule has 1 aromatic rings. The number of H-pyrrole nitrogens is 1. The largest absolute Gasteiger partial charge is 0.383 e. The van der Waals surface area contributed by atoms with Crippen LogP contribution in [-0.2, 0) is 14.9 Å². The Morgan fingerprint density at radius 1 is 1.38 bits per heavy atom. The minimum Gasteiger partial charge on any atom is -0.383 e. The molecule has 118 valence electrons. The van der Waals surface area contributed by atoms with E-state index in [-0.39, 0.29) is 23.7 Å². The van der Waals surface area contributed by atoms with Crippen molar-refractivity contribution < 1.29 is 14.3 Å². The Morgan fingerprint density at radius 2 is 2.05 bits per heavy atom. The van der Waals surface area contributed by atoms with Gasteiger partial charge in [-0.1, -0.05) is 20.8 Å². The van der Waals surface area contributed by atoms with Crippen molar-refractivity contribution in [1.29, 1.82) is 0 Å². The summed E-state index contributed by atoms with van der Waals surface area (Å²) in [5.74, 6) is 0.0361. The standard InChI is InChI=1S/C13H23N5O3/c1-13(2,3)12-15-10(16-17-12)11(20)18(4)8-9(19)14-6-7-21-5/h6-8H2,1-5H3,(H,14,19)(H,15,16,17). The van der Waals surface area contributed by atoms with Crippen molar-refractivity contribution in [3.05, 3.63) is 11.6 Å². The van der Waals surface area contributed by atoms with Gasteiger partial charge in [0.05, 0.1) is 13.2 Å². The van der Waals surface area contributed by atoms with Crippen molar-refractivity contribution in [3.8, 4) is 0 Å². The fourth-order valence-electron chi connectivity index (χ4n) is 1.50. The van der Waals surface area contributed by atoms with Crippen LogP contribution < -0.4 is 5.32 Å². The van der Waals surface area contributed by atoms with Gasteiger partial charge in [0.25, 0.3) is 5.91 Å². The van der Waals surface area contributed by atoms with Gasteiger partial charge in [-0.05, 0) is 0 Å². The van der Waals surface area contributed by atoms with Crippen molar-refractivity contribution in [2.75, 3.05) is 33.9 Å². The molecule has 2 amide bonds. The summed E-state index contributed by atoms with van der Waals surface area (Å²) in [6.45, 7) is 6.69. The van der Waals surface area contributed by atoms with Crippen LogP contribution in [-0.4, -0.2) is 65.7 Å². The first-order chi connectivity index (χ1) is 9.75. The number of hydrogen-bond donors (Lipinski definition) is 2. The van der Waals surface area contributed by atoms with Crippen molar-refractivity contribution in [2.24, 2.45) is 0 Å². The molecular weight excluding hydrogens is 274 g/mol. The number of methoxy groups -OCH3 is 1. The van der Waals surface area contributed by atoms with Crippen LogP contribution in [0.3, 0.4) is 0 Å². The molecule has 21 heavy (non-hydrogen) atoms. The lowest BCUT2D eigenvalue weighted by atomic mass is 9.96. The number of likely N-dealkylation sites (N-methyl/N-ethyl adjacent to an activating group) is 1. The molecule has 0 aliphatic carbocycles. The van der Waals surface area contributed by atoms with Crippen LogP contribution in [0.4, 0.5) is 0 Å². The van der Waals surface area contributed by atoms with E-state index in [4.69, 9.17) is 4.74 Å². The van der Waals surface area contributed by atoms with Gasteiger partial charge in [-0.3, -0.25) is 14.7 Å². The smallest absolute Gasteiger partial charge is 0.293 e. The molecule has 1 heterocycles. The Labute approximate surface area is 124 Å². The highest BCUT2D eigenvalue weighted by molar-refractivity contribution is 5.93. The topological polar surface area (TPSA) is 100 Å². The van der Waals surface area contributed by atoms with Gasteiger partial charge < -0.3 is 15.0 Å². The quantitative estimate of drug-likeness (QED) is 0.716. The average molecular weight is 297 g/mol. The number of nitrogens with zero attached hydrogens (tertiary/aromatic N) is 3. The lowest BCUT2D eigenvalue weighted by Crippen LogP contribution is -2.39. The molecule has 1 aromatic heterocycles. The molecule has 0 fully saturated rings. The summed E-state index contributed by atoms with van der Waals surface area (Å²) in [7, 11) is 3.09. The zero-order chi connectivity index (χ0) is 16.0. The first-order valence-corrected chi connectivity index (χ1v) is 6.69. The number of hydrogen-bond acceptors (Lipinski definition) is 5. The van der Waals surface area contributed by atoms with Gasteiger partial charge in [-0.15, -0.1) is 5.10 Å². The molecule has 0 spiro atoms. The number of amides is 2. The maximum absolute atomic E-state index is 12.1. The van der Waals surface area contributed by atoms with Gasteiger partial charge in [0, 0.05) is 26.1 Å². The average Bonchev–Trinajstić information content (AvgIpc) is 2.87. The molecule has 0 aliphatic heterocycles. The number of nitrogens with one attached hydrogen (secondary N) is 2. The third-order valence-electron chi connectivity index (χ3n) is 2.74. The van der Waals surface area contributed by atoms with Crippen LogP contribution >= 0.6 is 0 Å². The molecule has 2 N–H and O–H groups in total. The van der Waals surface area contributed by atoms with Crippen LogP contribution in [0, 0.1) is 0 Å². The minimum atomic E-state index is -0.399. The van der Waals surface area contributed by atoms with E-state index in [1.165, 1.54) is 11.9 Å². The second-order valence-electron chi connectivity index (χ2n) is 5.76. The first-order valence-electron chi connectivity index (χ1n) is 6.69. The molecule has 0 aliphatic rings. The third-order valence-corrected chi connectivity index (χ3v) is 2.74. The van der Waals surface area contributed by atoms with Crippen molar-refractivity contribution >= 4 is 11.8 Å². The number of rotatable bonds is 6. The van der Waals surface area contributed by atoms with E-state index >= 15 is 0 Å². The van der Waals surface area contributed by atoms with Crippen molar-refractivity contribution in [1.82, 2.24) is 25.4 Å². The fourth-order valence-corrected chi connectivity index (χ4v) is 1.50. The number of aromatic amines is 1. The summed E-state index contributed by atoms with van der Waals surface area (Å²) in [6, 6.07) is 0. The summed E-state index contributed by atoms with van der Waals surface area (Å²) < 4.78 is 4.83. The lowest BCUT2D eigenvalue weighted by molar-refractivity contribution is -0.121. The molecule has 0 saturated heterocycles. The van der Waals surface area contributed by atoms with Gasteiger partial charge in [0.15, 0.2) is 0 Å². The Balaban J connectivity index is 2.58. The van der Waals surface area contributed by atoms with Crippen LogP contribution in [0.15, 0.2) is 0 Å². The molecular formula is C13H23N5O3. The van der Waals surface area contributed by atoms with E-state index in [0.29, 0.717) is 19.0 Å². The Bertz CT molecular complexity index is 492. The maximum Gasteiger partial charge on any atom is 0.293 e. The summed E-state index contributed by atoms with van der Waals surface area (Å²) in [5, 5.41) is 9.30. The Kier molecular flexibility index (Phi) is 5.83. The maximum atomic E-state index is 12.1. The highest BCUT2D eigenvalue weighted by Gasteiger charge is 2.23. The first kappa shape index (κ1) is 17.1. The van der Waals surface area contributed by atoms with Gasteiger partial charge in [-0.2, -0.15) is 0 Å². The normalized spacial score (nSPS) is 11.3. The highest BCUT2D eigenvalue weighted by Crippen LogP contribution is 2.17. The Hall–Kier alpha value is -1.96. The van der Waals surface area contributed by atoms with Crippen LogP contribution in [0.5, 0.6) is 0 Å². The van der Waals surface area contributed by atoms with Crippen LogP contribution in [0.2, 0.25) is 0 Å².